The molecule has 0 saturated carbocycles. The Labute approximate surface area is 185 Å². The van der Waals surface area contributed by atoms with Crippen molar-refractivity contribution in [3.63, 3.8) is 0 Å². The van der Waals surface area contributed by atoms with Crippen LogP contribution in [-0.2, 0) is 11.3 Å². The van der Waals surface area contributed by atoms with Crippen LogP contribution in [0.15, 0.2) is 23.1 Å². The normalized spacial score (nSPS) is 17.8. The first kappa shape index (κ1) is 22.6. The molecule has 2 aromatic rings. The topological polar surface area (TPSA) is 104 Å². The molecule has 1 aromatic heterocycles. The number of pyridine rings is 1. The summed E-state index contributed by atoms with van der Waals surface area (Å²) in [7, 11) is 0. The first-order chi connectivity index (χ1) is 15.6. The molecule has 0 bridgehead atoms. The molecule has 0 aliphatic carbocycles. The summed E-state index contributed by atoms with van der Waals surface area (Å²) < 4.78 is 47.6. The fraction of sp³-hybridized carbons (Fsp3) is 0.381. The summed E-state index contributed by atoms with van der Waals surface area (Å²) in [6, 6.07) is 0.669. The zero-order valence-electron chi connectivity index (χ0n) is 17.8. The van der Waals surface area contributed by atoms with Crippen molar-refractivity contribution in [1.82, 2.24) is 14.9 Å². The Kier molecular flexibility index (Phi) is 5.78. The molecule has 2 aliphatic heterocycles. The van der Waals surface area contributed by atoms with Gasteiger partial charge in [0.2, 0.25) is 5.43 Å². The predicted octanol–water partition coefficient (Wildman–Crippen LogP) is 1.06. The van der Waals surface area contributed by atoms with Crippen molar-refractivity contribution >= 4 is 11.8 Å². The zero-order valence-corrected chi connectivity index (χ0v) is 17.8. The van der Waals surface area contributed by atoms with Crippen LogP contribution in [0.25, 0.3) is 0 Å². The van der Waals surface area contributed by atoms with Crippen LogP contribution in [0, 0.1) is 17.5 Å². The number of carbonyl (C=O) groups excluding carboxylic acids is 2. The minimum Gasteiger partial charge on any atom is -0.502 e. The summed E-state index contributed by atoms with van der Waals surface area (Å²) in [6.07, 6.45) is 0.580. The SMILES string of the molecule is CC(C)N1C(=O)c2c(O)c(=O)c(C(=O)NCc3c(F)cc(F)cc3F)cn2N2CCOC[C@@H]12. The molecule has 9 nitrogen and oxygen atoms in total. The number of aromatic hydroxyl groups is 1. The van der Waals surface area contributed by atoms with Gasteiger partial charge in [-0.25, -0.2) is 13.2 Å². The van der Waals surface area contributed by atoms with Crippen molar-refractivity contribution < 1.29 is 32.6 Å². The highest BCUT2D eigenvalue weighted by molar-refractivity contribution is 5.99. The van der Waals surface area contributed by atoms with Crippen LogP contribution in [0.2, 0.25) is 0 Å². The van der Waals surface area contributed by atoms with Crippen molar-refractivity contribution in [2.75, 3.05) is 24.8 Å². The molecule has 0 radical (unpaired) electrons. The Hall–Kier alpha value is -3.54. The number of carbonyl (C=O) groups is 2. The first-order valence-corrected chi connectivity index (χ1v) is 10.2. The number of hydrogen-bond donors (Lipinski definition) is 2. The van der Waals surface area contributed by atoms with E-state index in [1.54, 1.807) is 18.9 Å². The Morgan fingerprint density at radius 1 is 1.24 bits per heavy atom. The van der Waals surface area contributed by atoms with Crippen LogP contribution in [-0.4, -0.2) is 58.5 Å². The maximum absolute atomic E-state index is 13.9. The molecular formula is C21H21F3N4O5. The molecule has 12 heteroatoms. The predicted molar refractivity (Wildman–Crippen MR) is 109 cm³/mol. The van der Waals surface area contributed by atoms with E-state index in [4.69, 9.17) is 4.74 Å². The highest BCUT2D eigenvalue weighted by Gasteiger charge is 2.43. The van der Waals surface area contributed by atoms with Crippen molar-refractivity contribution in [1.29, 1.82) is 0 Å². The average molecular weight is 466 g/mol. The number of halogens is 3. The second-order valence-electron chi connectivity index (χ2n) is 7.97. The number of hydrogen-bond acceptors (Lipinski definition) is 6. The third-order valence-corrected chi connectivity index (χ3v) is 5.61. The van der Waals surface area contributed by atoms with E-state index in [-0.39, 0.29) is 18.3 Å². The van der Waals surface area contributed by atoms with Gasteiger partial charge in [0.1, 0.15) is 29.2 Å². The van der Waals surface area contributed by atoms with Gasteiger partial charge in [0.25, 0.3) is 11.8 Å². The van der Waals surface area contributed by atoms with E-state index in [1.807, 2.05) is 0 Å². The molecule has 176 valence electrons. The van der Waals surface area contributed by atoms with Gasteiger partial charge < -0.3 is 20.1 Å². The maximum Gasteiger partial charge on any atom is 0.278 e. The molecule has 2 N–H and O–H groups in total. The second-order valence-corrected chi connectivity index (χ2v) is 7.97. The molecule has 3 heterocycles. The van der Waals surface area contributed by atoms with E-state index in [0.717, 1.165) is 6.20 Å². The van der Waals surface area contributed by atoms with E-state index in [2.05, 4.69) is 5.32 Å². The molecule has 1 atom stereocenters. The number of aromatic nitrogens is 1. The lowest BCUT2D eigenvalue weighted by Gasteiger charge is -2.49. The van der Waals surface area contributed by atoms with E-state index in [0.29, 0.717) is 25.3 Å². The van der Waals surface area contributed by atoms with Crippen LogP contribution in [0.5, 0.6) is 5.75 Å². The molecule has 0 spiro atoms. The van der Waals surface area contributed by atoms with Gasteiger partial charge in [-0.1, -0.05) is 0 Å². The number of morpholine rings is 1. The van der Waals surface area contributed by atoms with E-state index >= 15 is 0 Å². The number of ether oxygens (including phenoxy) is 1. The highest BCUT2D eigenvalue weighted by atomic mass is 19.1. The lowest BCUT2D eigenvalue weighted by molar-refractivity contribution is -0.00498. The van der Waals surface area contributed by atoms with Crippen LogP contribution in [0.1, 0.15) is 40.3 Å². The van der Waals surface area contributed by atoms with Gasteiger partial charge in [0.15, 0.2) is 11.4 Å². The highest BCUT2D eigenvalue weighted by Crippen LogP contribution is 2.27. The van der Waals surface area contributed by atoms with Crippen molar-refractivity contribution in [3.05, 3.63) is 62.8 Å². The van der Waals surface area contributed by atoms with Crippen LogP contribution in [0.3, 0.4) is 0 Å². The molecule has 4 rings (SSSR count). The summed E-state index contributed by atoms with van der Waals surface area (Å²) in [5.41, 5.74) is -2.53. The Morgan fingerprint density at radius 2 is 1.91 bits per heavy atom. The van der Waals surface area contributed by atoms with Gasteiger partial charge in [0.05, 0.1) is 19.8 Å². The number of rotatable bonds is 4. The summed E-state index contributed by atoms with van der Waals surface area (Å²) in [5.74, 6) is -6.06. The summed E-state index contributed by atoms with van der Waals surface area (Å²) >= 11 is 0. The van der Waals surface area contributed by atoms with Gasteiger partial charge in [0, 0.05) is 36.5 Å². The molecule has 2 amide bonds. The van der Waals surface area contributed by atoms with Crippen molar-refractivity contribution in [2.24, 2.45) is 0 Å². The third kappa shape index (κ3) is 3.80. The smallest absolute Gasteiger partial charge is 0.278 e. The minimum absolute atomic E-state index is 0.181. The Bertz CT molecular complexity index is 1180. The van der Waals surface area contributed by atoms with Crippen molar-refractivity contribution in [3.8, 4) is 5.75 Å². The van der Waals surface area contributed by atoms with Crippen LogP contribution in [0.4, 0.5) is 13.2 Å². The van der Waals surface area contributed by atoms with Gasteiger partial charge >= 0.3 is 0 Å². The summed E-state index contributed by atoms with van der Waals surface area (Å²) in [6.45, 7) is 3.70. The average Bonchev–Trinajstić information content (AvgIpc) is 2.74. The van der Waals surface area contributed by atoms with Gasteiger partial charge in [-0.2, -0.15) is 0 Å². The monoisotopic (exact) mass is 466 g/mol. The minimum atomic E-state index is -1.20. The molecule has 1 fully saturated rings. The van der Waals surface area contributed by atoms with E-state index in [1.165, 1.54) is 9.58 Å². The molecule has 33 heavy (non-hydrogen) atoms. The van der Waals surface area contributed by atoms with E-state index in [9.17, 15) is 32.7 Å². The lowest BCUT2D eigenvalue weighted by Crippen LogP contribution is -2.67. The number of benzene rings is 1. The summed E-state index contributed by atoms with van der Waals surface area (Å²) in [4.78, 5) is 40.0. The lowest BCUT2D eigenvalue weighted by atomic mass is 10.1. The van der Waals surface area contributed by atoms with Crippen LogP contribution >= 0.6 is 0 Å². The molecule has 2 aliphatic rings. The fourth-order valence-electron chi connectivity index (χ4n) is 4.05. The number of fused-ring (bicyclic) bond motifs is 3. The van der Waals surface area contributed by atoms with Crippen molar-refractivity contribution in [2.45, 2.75) is 32.6 Å². The molecule has 1 aromatic carbocycles. The number of amides is 2. The van der Waals surface area contributed by atoms with Gasteiger partial charge in [-0.05, 0) is 13.8 Å². The quantitative estimate of drug-likeness (QED) is 0.699. The molecule has 0 unspecified atom stereocenters. The maximum atomic E-state index is 13.9. The molecule has 1 saturated heterocycles. The fourth-order valence-corrected chi connectivity index (χ4v) is 4.05. The van der Waals surface area contributed by atoms with Gasteiger partial charge in [-0.3, -0.25) is 24.1 Å². The summed E-state index contributed by atoms with van der Waals surface area (Å²) in [5, 5.41) is 14.4. The Morgan fingerprint density at radius 3 is 2.55 bits per heavy atom. The standard InChI is InChI=1S/C21H21F3N4O5/c1-10(2)28-16-9-33-4-3-26(16)27-8-13(18(29)19(30)17(27)21(28)32)20(31)25-7-12-14(23)5-11(22)6-15(12)24/h5-6,8,10,16,30H,3-4,7,9H2,1-2H3,(H,25,31)/t16-/m1/s1. The first-order valence-electron chi connectivity index (χ1n) is 10.2. The van der Waals surface area contributed by atoms with Gasteiger partial charge in [-0.15, -0.1) is 0 Å². The third-order valence-electron chi connectivity index (χ3n) is 5.61. The Balaban J connectivity index is 1.71. The van der Waals surface area contributed by atoms with Crippen LogP contribution < -0.4 is 15.8 Å². The molecular weight excluding hydrogens is 445 g/mol. The largest absolute Gasteiger partial charge is 0.502 e. The zero-order chi connectivity index (χ0) is 24.0. The van der Waals surface area contributed by atoms with E-state index < -0.39 is 64.3 Å². The number of nitrogens with one attached hydrogen (secondary N) is 1. The second kappa shape index (κ2) is 8.43. The number of nitrogens with zero attached hydrogens (tertiary/aromatic N) is 3.